The third-order valence-electron chi connectivity index (χ3n) is 10.3. The molecule has 4 aliphatic rings. The van der Waals surface area contributed by atoms with Gasteiger partial charge >= 0.3 is 0 Å². The molecular formula is C28H46O. The van der Waals surface area contributed by atoms with E-state index in [0.29, 0.717) is 16.7 Å². The van der Waals surface area contributed by atoms with E-state index in [1.807, 2.05) is 0 Å². The summed E-state index contributed by atoms with van der Waals surface area (Å²) in [7, 11) is 0. The molecule has 0 unspecified atom stereocenters. The van der Waals surface area contributed by atoms with E-state index in [1.54, 1.807) is 0 Å². The Morgan fingerprint density at radius 1 is 1.03 bits per heavy atom. The van der Waals surface area contributed by atoms with E-state index >= 15 is 0 Å². The normalized spacial score (nSPS) is 45.4. The van der Waals surface area contributed by atoms with Gasteiger partial charge in [-0.3, -0.25) is 0 Å². The number of hydrogen-bond acceptors (Lipinski definition) is 1. The van der Waals surface area contributed by atoms with Crippen molar-refractivity contribution < 1.29 is 5.11 Å². The maximum Gasteiger partial charge on any atom is 0.0578 e. The van der Waals surface area contributed by atoms with Crippen LogP contribution in [0.1, 0.15) is 98.8 Å². The van der Waals surface area contributed by atoms with Crippen molar-refractivity contribution in [2.24, 2.45) is 46.3 Å². The fourth-order valence-corrected chi connectivity index (χ4v) is 8.58. The summed E-state index contributed by atoms with van der Waals surface area (Å²) in [6.07, 6.45) is 15.2. The third-order valence-corrected chi connectivity index (χ3v) is 10.3. The summed E-state index contributed by atoms with van der Waals surface area (Å²) in [6.45, 7) is 17.1. The van der Waals surface area contributed by atoms with Crippen LogP contribution >= 0.6 is 0 Å². The van der Waals surface area contributed by atoms with Crippen LogP contribution in [0.5, 0.6) is 0 Å². The number of hydrogen-bond donors (Lipinski definition) is 1. The monoisotopic (exact) mass is 398 g/mol. The van der Waals surface area contributed by atoms with Crippen LogP contribution in [0.25, 0.3) is 0 Å². The van der Waals surface area contributed by atoms with Crippen molar-refractivity contribution in [2.75, 3.05) is 0 Å². The van der Waals surface area contributed by atoms with Crippen LogP contribution in [0.2, 0.25) is 0 Å². The average molecular weight is 399 g/mol. The second-order valence-electron chi connectivity index (χ2n) is 12.3. The van der Waals surface area contributed by atoms with Crippen molar-refractivity contribution in [3.05, 3.63) is 23.8 Å². The van der Waals surface area contributed by atoms with Gasteiger partial charge in [0.25, 0.3) is 0 Å². The molecule has 1 N–H and O–H groups in total. The number of aliphatic hydroxyl groups excluding tert-OH is 1. The molecule has 0 aromatic heterocycles. The summed E-state index contributed by atoms with van der Waals surface area (Å²) in [5, 5.41) is 10.3. The van der Waals surface area contributed by atoms with Gasteiger partial charge in [0.1, 0.15) is 0 Å². The van der Waals surface area contributed by atoms with Crippen molar-refractivity contribution in [3.8, 4) is 0 Å². The summed E-state index contributed by atoms with van der Waals surface area (Å²) in [5.41, 5.74) is 3.74. The van der Waals surface area contributed by atoms with E-state index in [0.717, 1.165) is 42.4 Å². The molecule has 3 fully saturated rings. The maximum absolute atomic E-state index is 10.3. The minimum atomic E-state index is -0.130. The van der Waals surface area contributed by atoms with Crippen LogP contribution in [0.15, 0.2) is 23.8 Å². The van der Waals surface area contributed by atoms with Gasteiger partial charge < -0.3 is 5.11 Å². The fraction of sp³-hybridized carbons (Fsp3) is 0.857. The predicted octanol–water partition coefficient (Wildman–Crippen LogP) is 7.55. The molecule has 0 bridgehead atoms. The Balaban J connectivity index is 1.54. The molecule has 8 atom stereocenters. The molecule has 0 radical (unpaired) electrons. The second-order valence-corrected chi connectivity index (χ2v) is 12.3. The topological polar surface area (TPSA) is 20.2 Å². The van der Waals surface area contributed by atoms with Gasteiger partial charge in [0.15, 0.2) is 0 Å². The lowest BCUT2D eigenvalue weighted by molar-refractivity contribution is -0.0415. The minimum Gasteiger partial charge on any atom is -0.393 e. The summed E-state index contributed by atoms with van der Waals surface area (Å²) in [6, 6.07) is 0. The summed E-state index contributed by atoms with van der Waals surface area (Å²) in [4.78, 5) is 0. The van der Waals surface area contributed by atoms with Crippen molar-refractivity contribution in [3.63, 3.8) is 0 Å². The van der Waals surface area contributed by atoms with Crippen molar-refractivity contribution >= 4 is 0 Å². The Bertz CT molecular complexity index is 659. The van der Waals surface area contributed by atoms with Crippen LogP contribution < -0.4 is 0 Å². The average Bonchev–Trinajstić information content (AvgIpc) is 3.00. The Hall–Kier alpha value is -0.560. The van der Waals surface area contributed by atoms with E-state index in [2.05, 4.69) is 47.3 Å². The number of rotatable bonds is 5. The van der Waals surface area contributed by atoms with Crippen LogP contribution in [0.3, 0.4) is 0 Å². The number of allylic oxidation sites excluding steroid dienone is 2. The molecule has 1 heteroatoms. The third kappa shape index (κ3) is 3.58. The van der Waals surface area contributed by atoms with E-state index < -0.39 is 0 Å². The molecular weight excluding hydrogens is 352 g/mol. The molecule has 164 valence electrons. The predicted molar refractivity (Wildman–Crippen MR) is 124 cm³/mol. The molecule has 4 aliphatic carbocycles. The number of aliphatic hydroxyl groups is 1. The van der Waals surface area contributed by atoms with Crippen molar-refractivity contribution in [1.82, 2.24) is 0 Å². The molecule has 0 heterocycles. The van der Waals surface area contributed by atoms with Crippen LogP contribution in [-0.2, 0) is 0 Å². The standard InChI is InChI=1S/C28H46O/c1-18(2)8-7-9-19(3)23-10-11-24-26-20(4)16-21-17-22(29)12-14-27(21,5)25(26)13-15-28(23,24)6/h16,18-19,22-26,29H,4,7-15,17H2,1-3,5-6H3/t19-,22+,23-,24+,25+,26+,27+,28-/m1/s1. The highest BCUT2D eigenvalue weighted by Crippen LogP contribution is 2.68. The lowest BCUT2D eigenvalue weighted by Gasteiger charge is -2.59. The van der Waals surface area contributed by atoms with E-state index in [9.17, 15) is 5.11 Å². The Morgan fingerprint density at radius 2 is 1.79 bits per heavy atom. The van der Waals surface area contributed by atoms with Crippen molar-refractivity contribution in [1.29, 1.82) is 0 Å². The zero-order valence-corrected chi connectivity index (χ0v) is 19.8. The first-order valence-electron chi connectivity index (χ1n) is 12.7. The Kier molecular flexibility index (Phi) is 5.86. The van der Waals surface area contributed by atoms with Crippen LogP contribution in [0, 0.1) is 46.3 Å². The highest BCUT2D eigenvalue weighted by molar-refractivity contribution is 5.37. The summed E-state index contributed by atoms with van der Waals surface area (Å²) in [5.74, 6) is 4.88. The molecule has 0 aromatic carbocycles. The van der Waals surface area contributed by atoms with E-state index in [-0.39, 0.29) is 6.10 Å². The SMILES string of the molecule is C=C1C=C2C[C@@H](O)CC[C@]2(C)[C@H]2CC[C@]3(C)[C@@H]([C@H](C)CCCC(C)C)CC[C@H]3[C@H]12. The molecule has 0 aromatic rings. The Labute approximate surface area is 180 Å². The lowest BCUT2D eigenvalue weighted by atomic mass is 9.46. The molecule has 1 nitrogen and oxygen atoms in total. The first-order valence-corrected chi connectivity index (χ1v) is 12.7. The highest BCUT2D eigenvalue weighted by atomic mass is 16.3. The highest BCUT2D eigenvalue weighted by Gasteiger charge is 2.59. The first kappa shape index (κ1) is 21.7. The van der Waals surface area contributed by atoms with Gasteiger partial charge in [0.2, 0.25) is 0 Å². The first-order chi connectivity index (χ1) is 13.7. The minimum absolute atomic E-state index is 0.130. The van der Waals surface area contributed by atoms with Crippen LogP contribution in [0.4, 0.5) is 0 Å². The van der Waals surface area contributed by atoms with E-state index in [1.165, 1.54) is 62.5 Å². The maximum atomic E-state index is 10.3. The number of fused-ring (bicyclic) bond motifs is 5. The smallest absolute Gasteiger partial charge is 0.0578 e. The second kappa shape index (κ2) is 7.85. The molecule has 0 aliphatic heterocycles. The zero-order valence-electron chi connectivity index (χ0n) is 19.8. The lowest BCUT2D eigenvalue weighted by Crippen LogP contribution is -2.51. The van der Waals surface area contributed by atoms with Gasteiger partial charge in [-0.25, -0.2) is 0 Å². The van der Waals surface area contributed by atoms with Gasteiger partial charge in [0.05, 0.1) is 6.10 Å². The molecule has 0 amide bonds. The molecule has 4 rings (SSSR count). The molecule has 0 saturated heterocycles. The van der Waals surface area contributed by atoms with Gasteiger partial charge in [0, 0.05) is 0 Å². The summed E-state index contributed by atoms with van der Waals surface area (Å²) >= 11 is 0. The molecule has 0 spiro atoms. The molecule has 29 heavy (non-hydrogen) atoms. The summed E-state index contributed by atoms with van der Waals surface area (Å²) < 4.78 is 0. The van der Waals surface area contributed by atoms with Gasteiger partial charge in [-0.05, 0) is 91.3 Å². The van der Waals surface area contributed by atoms with E-state index in [4.69, 9.17) is 0 Å². The largest absolute Gasteiger partial charge is 0.393 e. The van der Waals surface area contributed by atoms with Crippen molar-refractivity contribution in [2.45, 2.75) is 105 Å². The molecule has 3 saturated carbocycles. The zero-order chi connectivity index (χ0) is 21.0. The van der Waals surface area contributed by atoms with Gasteiger partial charge in [-0.15, -0.1) is 0 Å². The van der Waals surface area contributed by atoms with Gasteiger partial charge in [-0.2, -0.15) is 0 Å². The van der Waals surface area contributed by atoms with Crippen LogP contribution in [-0.4, -0.2) is 11.2 Å². The van der Waals surface area contributed by atoms with Gasteiger partial charge in [-0.1, -0.05) is 77.7 Å². The quantitative estimate of drug-likeness (QED) is 0.506. The fourth-order valence-electron chi connectivity index (χ4n) is 8.58. The Morgan fingerprint density at radius 3 is 2.52 bits per heavy atom.